The summed E-state index contributed by atoms with van der Waals surface area (Å²) >= 11 is 3.86. The van der Waals surface area contributed by atoms with E-state index in [1.54, 1.807) is 0 Å². The van der Waals surface area contributed by atoms with Gasteiger partial charge in [-0.05, 0) is 11.2 Å². The molecule has 0 aromatic rings. The van der Waals surface area contributed by atoms with Crippen LogP contribution in [0.25, 0.3) is 0 Å². The maximum atomic E-state index is 10.5. The van der Waals surface area contributed by atoms with E-state index in [0.717, 1.165) is 0 Å². The predicted octanol–water partition coefficient (Wildman–Crippen LogP) is -2.33. The molecule has 0 rings (SSSR count). The monoisotopic (exact) mass is 250 g/mol. The van der Waals surface area contributed by atoms with Gasteiger partial charge in [-0.2, -0.15) is 4.20 Å². The molecule has 0 aliphatic heterocycles. The van der Waals surface area contributed by atoms with E-state index in [1.807, 2.05) is 0 Å². The van der Waals surface area contributed by atoms with E-state index < -0.39 is 7.03 Å². The first-order valence-electron chi connectivity index (χ1n) is 0.703. The van der Waals surface area contributed by atoms with Gasteiger partial charge >= 0.3 is 68.9 Å². The van der Waals surface area contributed by atoms with E-state index in [9.17, 15) is 4.20 Å². The van der Waals surface area contributed by atoms with Crippen molar-refractivity contribution in [1.82, 2.24) is 0 Å². The molecule has 0 aromatic carbocycles. The maximum Gasteiger partial charge on any atom is 1.00 e. The fraction of sp³-hybridized carbons (Fsp3) is 0. The van der Waals surface area contributed by atoms with Crippen molar-refractivity contribution in [2.24, 2.45) is 0 Å². The van der Waals surface area contributed by atoms with Crippen LogP contribution in [0.15, 0.2) is 0 Å². The molecular formula is ClCsFO2P. The summed E-state index contributed by atoms with van der Waals surface area (Å²) in [5, 5.41) is 0. The Kier molecular flexibility index (Phi) is 8.18. The van der Waals surface area contributed by atoms with Crippen LogP contribution in [0.2, 0.25) is 0 Å². The molecule has 0 saturated heterocycles. The van der Waals surface area contributed by atoms with Gasteiger partial charge in [0.15, 0.2) is 0 Å². The quantitative estimate of drug-likeness (QED) is 0.452. The van der Waals surface area contributed by atoms with Gasteiger partial charge in [0.1, 0.15) is 0 Å². The molecule has 2 nitrogen and oxygen atoms in total. The van der Waals surface area contributed by atoms with E-state index in [2.05, 4.69) is 11.2 Å². The third kappa shape index (κ3) is 31.8. The van der Waals surface area contributed by atoms with Gasteiger partial charge in [0.05, 0.1) is 0 Å². The summed E-state index contributed by atoms with van der Waals surface area (Å²) in [4.78, 5) is 8.76. The zero-order chi connectivity index (χ0) is 4.50. The summed E-state index contributed by atoms with van der Waals surface area (Å²) < 4.78 is 19.2. The molecule has 0 amide bonds. The van der Waals surface area contributed by atoms with E-state index in [-0.39, 0.29) is 68.9 Å². The Hall–Kier alpha value is 2.46. The van der Waals surface area contributed by atoms with Crippen LogP contribution in [0.5, 0.6) is 0 Å². The number of hydrogen-bond donors (Lipinski definition) is 0. The first kappa shape index (κ1) is 11.3. The molecule has 0 aliphatic rings. The molecule has 0 saturated carbocycles. The normalized spacial score (nSPS) is 17.8. The second-order valence-electron chi connectivity index (χ2n) is 0.414. The number of rotatable bonds is 0. The Labute approximate surface area is 98.2 Å². The third-order valence-corrected chi connectivity index (χ3v) is 0. The van der Waals surface area contributed by atoms with E-state index in [0.29, 0.717) is 0 Å². The molecular weight excluding hydrogens is 250 g/mol. The zero-order valence-electron chi connectivity index (χ0n) is 3.02. The van der Waals surface area contributed by atoms with Crippen molar-refractivity contribution in [1.29, 1.82) is 0 Å². The van der Waals surface area contributed by atoms with Crippen LogP contribution in [0.3, 0.4) is 0 Å². The van der Waals surface area contributed by atoms with Crippen LogP contribution >= 0.6 is 18.3 Å². The van der Waals surface area contributed by atoms with Crippen LogP contribution in [-0.2, 0) is 4.57 Å². The van der Waals surface area contributed by atoms with Crippen molar-refractivity contribution in [3.05, 3.63) is 0 Å². The minimum absolute atomic E-state index is 0. The van der Waals surface area contributed by atoms with E-state index in [1.165, 1.54) is 0 Å². The van der Waals surface area contributed by atoms with Crippen molar-refractivity contribution in [3.63, 3.8) is 0 Å². The first-order chi connectivity index (χ1) is 2.00. The smallest absolute Gasteiger partial charge is 0.763 e. The molecule has 0 fully saturated rings. The Bertz CT molecular complexity index is 59.7. The maximum absolute atomic E-state index is 10.5. The fourth-order valence-electron chi connectivity index (χ4n) is 0. The number of halogens is 2. The minimum Gasteiger partial charge on any atom is -0.763 e. The molecule has 0 aliphatic carbocycles. The zero-order valence-corrected chi connectivity index (χ0v) is 11.0. The second-order valence-corrected chi connectivity index (χ2v) is 2.45. The molecule has 6 heavy (non-hydrogen) atoms. The van der Waals surface area contributed by atoms with Gasteiger partial charge in [-0.25, -0.2) is 0 Å². The number of hydrogen-bond acceptors (Lipinski definition) is 2. The van der Waals surface area contributed by atoms with Gasteiger partial charge in [0.25, 0.3) is 7.03 Å². The minimum atomic E-state index is -4.92. The summed E-state index contributed by atoms with van der Waals surface area (Å²) in [5.74, 6) is 0. The van der Waals surface area contributed by atoms with Crippen molar-refractivity contribution in [2.45, 2.75) is 0 Å². The third-order valence-electron chi connectivity index (χ3n) is 0. The van der Waals surface area contributed by atoms with Gasteiger partial charge in [-0.3, -0.25) is 4.57 Å². The summed E-state index contributed by atoms with van der Waals surface area (Å²) in [6.07, 6.45) is 0. The molecule has 6 heteroatoms. The summed E-state index contributed by atoms with van der Waals surface area (Å²) in [7, 11) is -4.92. The SMILES string of the molecule is O=P([O-])(F)Cl.[Cs+]. The average Bonchev–Trinajstić information content (AvgIpc) is 0.722. The largest absolute Gasteiger partial charge is 1.00 e. The Morgan fingerprint density at radius 1 is 1.83 bits per heavy atom. The molecule has 1 atom stereocenters. The van der Waals surface area contributed by atoms with Gasteiger partial charge in [-0.1, -0.05) is 0 Å². The molecule has 32 valence electrons. The molecule has 0 bridgehead atoms. The second kappa shape index (κ2) is 4.35. The van der Waals surface area contributed by atoms with Gasteiger partial charge in [0.2, 0.25) is 0 Å². The molecule has 0 aromatic heterocycles. The van der Waals surface area contributed by atoms with Crippen molar-refractivity contribution < 1.29 is 82.5 Å². The Balaban J connectivity index is 0. The topological polar surface area (TPSA) is 40.1 Å². The summed E-state index contributed by atoms with van der Waals surface area (Å²) in [5.41, 5.74) is 0. The molecule has 0 N–H and O–H groups in total. The fourth-order valence-corrected chi connectivity index (χ4v) is 0. The average molecular weight is 250 g/mol. The van der Waals surface area contributed by atoms with E-state index >= 15 is 0 Å². The van der Waals surface area contributed by atoms with Gasteiger partial charge < -0.3 is 4.89 Å². The van der Waals surface area contributed by atoms with Crippen molar-refractivity contribution in [3.8, 4) is 0 Å². The molecule has 0 radical (unpaired) electrons. The standard InChI is InChI=1S/ClFHO2P.Cs/c1-5(2,3)4;/h(H,3,4);/q;+1/p-1. The molecule has 0 spiro atoms. The van der Waals surface area contributed by atoms with Crippen LogP contribution < -0.4 is 73.8 Å². The van der Waals surface area contributed by atoms with Crippen LogP contribution in [0.1, 0.15) is 0 Å². The van der Waals surface area contributed by atoms with Gasteiger partial charge in [-0.15, -0.1) is 0 Å². The first-order valence-corrected chi connectivity index (χ1v) is 3.12. The Morgan fingerprint density at radius 2 is 1.83 bits per heavy atom. The summed E-state index contributed by atoms with van der Waals surface area (Å²) in [6.45, 7) is 0. The Morgan fingerprint density at radius 3 is 1.83 bits per heavy atom. The van der Waals surface area contributed by atoms with Crippen molar-refractivity contribution >= 4 is 18.3 Å². The van der Waals surface area contributed by atoms with Crippen LogP contribution in [0, 0.1) is 0 Å². The van der Waals surface area contributed by atoms with E-state index in [4.69, 9.17) is 9.46 Å². The predicted molar refractivity (Wildman–Crippen MR) is 14.6 cm³/mol. The van der Waals surface area contributed by atoms with Crippen LogP contribution in [-0.4, -0.2) is 0 Å². The molecule has 0 heterocycles. The van der Waals surface area contributed by atoms with Gasteiger partial charge in [0, 0.05) is 0 Å². The molecule has 1 unspecified atom stereocenters. The summed E-state index contributed by atoms with van der Waals surface area (Å²) in [6, 6.07) is 0. The van der Waals surface area contributed by atoms with Crippen LogP contribution in [0.4, 0.5) is 4.20 Å². The van der Waals surface area contributed by atoms with Crippen molar-refractivity contribution in [2.75, 3.05) is 0 Å².